The van der Waals surface area contributed by atoms with Gasteiger partial charge in [0, 0.05) is 6.92 Å². The maximum atomic E-state index is 10.8. The van der Waals surface area contributed by atoms with Crippen LogP contribution in [0.4, 0.5) is 0 Å². The molecule has 0 amide bonds. The molecule has 8 heteroatoms. The van der Waals surface area contributed by atoms with Gasteiger partial charge in [0.05, 0.1) is 11.4 Å². The Labute approximate surface area is 105 Å². The van der Waals surface area contributed by atoms with Gasteiger partial charge in [-0.1, -0.05) is 11.8 Å². The minimum absolute atomic E-state index is 0.272. The van der Waals surface area contributed by atoms with Crippen LogP contribution >= 0.6 is 23.1 Å². The van der Waals surface area contributed by atoms with Gasteiger partial charge in [-0.15, -0.1) is 21.5 Å². The van der Waals surface area contributed by atoms with Crippen molar-refractivity contribution < 1.29 is 14.3 Å². The number of aromatic nitrogens is 3. The van der Waals surface area contributed by atoms with Crippen molar-refractivity contribution in [2.24, 2.45) is 0 Å². The molecule has 0 aliphatic heterocycles. The first-order valence-corrected chi connectivity index (χ1v) is 6.49. The van der Waals surface area contributed by atoms with Crippen molar-refractivity contribution in [2.45, 2.75) is 23.9 Å². The molecule has 0 radical (unpaired) electrons. The molecule has 0 unspecified atom stereocenters. The van der Waals surface area contributed by atoms with E-state index in [-0.39, 0.29) is 4.88 Å². The summed E-state index contributed by atoms with van der Waals surface area (Å²) in [5.41, 5.74) is 0.534. The van der Waals surface area contributed by atoms with Crippen molar-refractivity contribution in [2.75, 3.05) is 0 Å². The van der Waals surface area contributed by atoms with E-state index >= 15 is 0 Å². The summed E-state index contributed by atoms with van der Waals surface area (Å²) >= 11 is 2.54. The van der Waals surface area contributed by atoms with Crippen molar-refractivity contribution in [3.63, 3.8) is 0 Å². The van der Waals surface area contributed by atoms with Gasteiger partial charge in [0.15, 0.2) is 4.34 Å². The zero-order chi connectivity index (χ0) is 12.4. The molecular weight excluding hydrogens is 262 g/mol. The van der Waals surface area contributed by atoms with E-state index in [0.717, 1.165) is 11.3 Å². The fourth-order valence-corrected chi connectivity index (χ4v) is 3.02. The molecule has 6 nitrogen and oxygen atoms in total. The average molecular weight is 271 g/mol. The van der Waals surface area contributed by atoms with Crippen molar-refractivity contribution in [3.8, 4) is 0 Å². The Morgan fingerprint density at radius 3 is 2.76 bits per heavy atom. The molecule has 0 atom stereocenters. The number of carboxylic acid groups (broad SMARTS) is 1. The minimum atomic E-state index is -0.944. The maximum absolute atomic E-state index is 10.8. The van der Waals surface area contributed by atoms with E-state index in [1.807, 2.05) is 0 Å². The number of thiazole rings is 1. The van der Waals surface area contributed by atoms with Crippen LogP contribution < -0.4 is 0 Å². The second-order valence-corrected chi connectivity index (χ2v) is 5.42. The van der Waals surface area contributed by atoms with Crippen LogP contribution in [0.25, 0.3) is 0 Å². The summed E-state index contributed by atoms with van der Waals surface area (Å²) in [5, 5.41) is 16.4. The topological polar surface area (TPSA) is 89.1 Å². The van der Waals surface area contributed by atoms with Gasteiger partial charge < -0.3 is 9.52 Å². The Morgan fingerprint density at radius 1 is 1.47 bits per heavy atom. The monoisotopic (exact) mass is 271 g/mol. The highest BCUT2D eigenvalue weighted by atomic mass is 32.2. The highest BCUT2D eigenvalue weighted by Crippen LogP contribution is 2.29. The molecule has 2 heterocycles. The van der Waals surface area contributed by atoms with Crippen molar-refractivity contribution in [3.05, 3.63) is 22.4 Å². The number of carbonyl (C=O) groups is 1. The second kappa shape index (κ2) is 4.84. The third-order valence-electron chi connectivity index (χ3n) is 1.86. The van der Waals surface area contributed by atoms with Crippen molar-refractivity contribution in [1.82, 2.24) is 15.2 Å². The minimum Gasteiger partial charge on any atom is -0.477 e. The molecule has 1 N–H and O–H groups in total. The van der Waals surface area contributed by atoms with E-state index in [1.54, 1.807) is 13.8 Å². The second-order valence-electron chi connectivity index (χ2n) is 3.20. The number of carboxylic acids is 1. The maximum Gasteiger partial charge on any atom is 0.347 e. The van der Waals surface area contributed by atoms with E-state index in [9.17, 15) is 4.79 Å². The molecule has 0 aromatic carbocycles. The number of aromatic carboxylic acids is 1. The SMILES string of the molecule is Cc1nnc(CSc2nc(C)c(C(=O)O)s2)o1. The Kier molecular flexibility index (Phi) is 3.43. The van der Waals surface area contributed by atoms with E-state index in [1.165, 1.54) is 11.8 Å². The Morgan fingerprint density at radius 2 is 2.24 bits per heavy atom. The van der Waals surface area contributed by atoms with E-state index in [0.29, 0.717) is 27.6 Å². The van der Waals surface area contributed by atoms with Gasteiger partial charge in [0.1, 0.15) is 4.88 Å². The molecule has 0 aliphatic rings. The number of nitrogens with zero attached hydrogens (tertiary/aromatic N) is 3. The summed E-state index contributed by atoms with van der Waals surface area (Å²) in [7, 11) is 0. The van der Waals surface area contributed by atoms with E-state index in [2.05, 4.69) is 15.2 Å². The van der Waals surface area contributed by atoms with Crippen LogP contribution in [0.2, 0.25) is 0 Å². The standard InChI is InChI=1S/C9H9N3O3S2/c1-4-7(8(13)14)17-9(10-4)16-3-6-12-11-5(2)15-6/h3H2,1-2H3,(H,13,14). The number of aryl methyl sites for hydroxylation is 2. The molecule has 2 aromatic heterocycles. The third kappa shape index (κ3) is 2.83. The lowest BCUT2D eigenvalue weighted by molar-refractivity contribution is 0.0701. The Hall–Kier alpha value is -1.41. The first-order chi connectivity index (χ1) is 8.06. The summed E-state index contributed by atoms with van der Waals surface area (Å²) in [6.07, 6.45) is 0. The molecule has 2 aromatic rings. The average Bonchev–Trinajstić information content (AvgIpc) is 2.82. The molecular formula is C9H9N3O3S2. The van der Waals surface area contributed by atoms with Gasteiger partial charge in [0.25, 0.3) is 0 Å². The molecule has 0 spiro atoms. The van der Waals surface area contributed by atoms with Crippen LogP contribution in [-0.4, -0.2) is 26.3 Å². The normalized spacial score (nSPS) is 10.7. The predicted molar refractivity (Wildman–Crippen MR) is 62.4 cm³/mol. The molecule has 0 aliphatic carbocycles. The van der Waals surface area contributed by atoms with E-state index < -0.39 is 5.97 Å². The van der Waals surface area contributed by atoms with Crippen LogP contribution in [0.5, 0.6) is 0 Å². The molecule has 0 saturated heterocycles. The number of hydrogen-bond acceptors (Lipinski definition) is 7. The first-order valence-electron chi connectivity index (χ1n) is 4.69. The van der Waals surface area contributed by atoms with Gasteiger partial charge >= 0.3 is 5.97 Å². The summed E-state index contributed by atoms with van der Waals surface area (Å²) in [5.74, 6) is 0.576. The fourth-order valence-electron chi connectivity index (χ4n) is 1.15. The predicted octanol–water partition coefficient (Wildman–Crippen LogP) is 2.13. The Bertz CT molecular complexity index is 549. The molecule has 90 valence electrons. The van der Waals surface area contributed by atoms with E-state index in [4.69, 9.17) is 9.52 Å². The fraction of sp³-hybridized carbons (Fsp3) is 0.333. The largest absolute Gasteiger partial charge is 0.477 e. The highest BCUT2D eigenvalue weighted by Gasteiger charge is 2.14. The van der Waals surface area contributed by atoms with Crippen LogP contribution in [0.3, 0.4) is 0 Å². The van der Waals surface area contributed by atoms with Gasteiger partial charge in [-0.2, -0.15) is 0 Å². The van der Waals surface area contributed by atoms with Gasteiger partial charge in [-0.05, 0) is 6.92 Å². The van der Waals surface area contributed by atoms with Crippen molar-refractivity contribution >= 4 is 29.1 Å². The quantitative estimate of drug-likeness (QED) is 0.852. The molecule has 0 bridgehead atoms. The van der Waals surface area contributed by atoms with Crippen molar-refractivity contribution in [1.29, 1.82) is 0 Å². The van der Waals surface area contributed by atoms with Gasteiger partial charge in [0.2, 0.25) is 11.8 Å². The lowest BCUT2D eigenvalue weighted by Crippen LogP contribution is -1.94. The number of rotatable bonds is 4. The molecule has 2 rings (SSSR count). The third-order valence-corrected chi connectivity index (χ3v) is 4.13. The zero-order valence-corrected chi connectivity index (χ0v) is 10.8. The number of thioether (sulfide) groups is 1. The van der Waals surface area contributed by atoms with Gasteiger partial charge in [-0.3, -0.25) is 0 Å². The smallest absolute Gasteiger partial charge is 0.347 e. The highest BCUT2D eigenvalue weighted by molar-refractivity contribution is 8.00. The van der Waals surface area contributed by atoms with Crippen LogP contribution in [-0.2, 0) is 5.75 Å². The molecule has 0 saturated carbocycles. The summed E-state index contributed by atoms with van der Waals surface area (Å²) < 4.78 is 5.90. The van der Waals surface area contributed by atoms with Crippen LogP contribution in [0.15, 0.2) is 8.76 Å². The lowest BCUT2D eigenvalue weighted by Gasteiger charge is -1.90. The molecule has 17 heavy (non-hydrogen) atoms. The van der Waals surface area contributed by atoms with Crippen LogP contribution in [0.1, 0.15) is 27.1 Å². The summed E-state index contributed by atoms with van der Waals surface area (Å²) in [6.45, 7) is 3.40. The summed E-state index contributed by atoms with van der Waals surface area (Å²) in [6, 6.07) is 0. The van der Waals surface area contributed by atoms with Gasteiger partial charge in [-0.25, -0.2) is 9.78 Å². The molecule has 0 fully saturated rings. The number of hydrogen-bond donors (Lipinski definition) is 1. The summed E-state index contributed by atoms with van der Waals surface area (Å²) in [4.78, 5) is 15.3. The zero-order valence-electron chi connectivity index (χ0n) is 9.13. The Balaban J connectivity index is 2.04. The first kappa shape index (κ1) is 12.1. The van der Waals surface area contributed by atoms with Crippen LogP contribution in [0, 0.1) is 13.8 Å². The lowest BCUT2D eigenvalue weighted by atomic mass is 10.4.